The summed E-state index contributed by atoms with van der Waals surface area (Å²) < 4.78 is 17.5. The van der Waals surface area contributed by atoms with Crippen LogP contribution in [0.3, 0.4) is 0 Å². The van der Waals surface area contributed by atoms with E-state index in [2.05, 4.69) is 5.32 Å². The van der Waals surface area contributed by atoms with E-state index in [1.807, 2.05) is 39.8 Å². The number of ether oxygens (including phenoxy) is 1. The summed E-state index contributed by atoms with van der Waals surface area (Å²) in [5, 5.41) is 2.81. The van der Waals surface area contributed by atoms with Gasteiger partial charge in [-0.3, -0.25) is 4.79 Å². The number of hydrogen-bond acceptors (Lipinski definition) is 5. The van der Waals surface area contributed by atoms with Gasteiger partial charge in [0.05, 0.1) is 18.3 Å². The molecule has 0 spiro atoms. The molecule has 7 heteroatoms. The zero-order valence-electron chi connectivity index (χ0n) is 15.8. The van der Waals surface area contributed by atoms with Crippen LogP contribution in [0.2, 0.25) is 0 Å². The Balaban J connectivity index is 2.38. The average Bonchev–Trinajstić information content (AvgIpc) is 2.73. The molecule has 0 saturated carbocycles. The molecule has 1 aliphatic heterocycles. The Hall–Kier alpha value is -1.99. The lowest BCUT2D eigenvalue weighted by atomic mass is 9.76. The third-order valence-corrected chi connectivity index (χ3v) is 4.73. The molecule has 3 N–H and O–H groups in total. The van der Waals surface area contributed by atoms with Crippen LogP contribution in [0.4, 0.5) is 5.69 Å². The van der Waals surface area contributed by atoms with E-state index in [0.29, 0.717) is 18.0 Å². The zero-order valence-corrected chi connectivity index (χ0v) is 15.8. The van der Waals surface area contributed by atoms with Crippen molar-refractivity contribution in [1.82, 2.24) is 5.32 Å². The molecule has 25 heavy (non-hydrogen) atoms. The van der Waals surface area contributed by atoms with Gasteiger partial charge in [0.25, 0.3) is 0 Å². The number of benzene rings is 1. The summed E-state index contributed by atoms with van der Waals surface area (Å²) in [7, 11) is 1.04. The minimum Gasteiger partial charge on any atom is -0.497 e. The van der Waals surface area contributed by atoms with Crippen molar-refractivity contribution in [1.29, 1.82) is 0 Å². The van der Waals surface area contributed by atoms with Crippen molar-refractivity contribution in [2.24, 2.45) is 0 Å². The van der Waals surface area contributed by atoms with E-state index in [-0.39, 0.29) is 5.91 Å². The molecular formula is C18H27BN2O4. The van der Waals surface area contributed by atoms with E-state index in [4.69, 9.17) is 19.8 Å². The van der Waals surface area contributed by atoms with Crippen LogP contribution in [-0.4, -0.2) is 37.9 Å². The van der Waals surface area contributed by atoms with Gasteiger partial charge in [-0.15, -0.1) is 0 Å². The van der Waals surface area contributed by atoms with Crippen LogP contribution in [0, 0.1) is 0 Å². The van der Waals surface area contributed by atoms with Crippen molar-refractivity contribution in [2.75, 3.05) is 19.4 Å². The van der Waals surface area contributed by atoms with Crippen molar-refractivity contribution >= 4 is 24.8 Å². The molecule has 2 rings (SSSR count). The second-order valence-corrected chi connectivity index (χ2v) is 7.21. The van der Waals surface area contributed by atoms with Gasteiger partial charge in [0.2, 0.25) is 5.91 Å². The van der Waals surface area contributed by atoms with Gasteiger partial charge < -0.3 is 25.1 Å². The van der Waals surface area contributed by atoms with E-state index in [1.165, 1.54) is 6.92 Å². The second kappa shape index (κ2) is 7.10. The van der Waals surface area contributed by atoms with Crippen LogP contribution >= 0.6 is 0 Å². The maximum absolute atomic E-state index is 11.4. The molecule has 1 aliphatic rings. The van der Waals surface area contributed by atoms with E-state index in [1.54, 1.807) is 19.2 Å². The number of carbonyl (C=O) groups is 1. The van der Waals surface area contributed by atoms with E-state index < -0.39 is 18.3 Å². The maximum Gasteiger partial charge on any atom is 0.492 e. The number of nitrogens with two attached hydrogens (primary N) is 1. The highest BCUT2D eigenvalue weighted by molar-refractivity contribution is 6.56. The highest BCUT2D eigenvalue weighted by atomic mass is 16.7. The lowest BCUT2D eigenvalue weighted by molar-refractivity contribution is -0.118. The molecule has 0 unspecified atom stereocenters. The smallest absolute Gasteiger partial charge is 0.492 e. The number of anilines is 1. The number of methoxy groups -OCH3 is 1. The fraction of sp³-hybridized carbons (Fsp3) is 0.500. The Morgan fingerprint density at radius 1 is 1.28 bits per heavy atom. The zero-order chi connectivity index (χ0) is 18.8. The molecule has 1 amide bonds. The largest absolute Gasteiger partial charge is 0.497 e. The highest BCUT2D eigenvalue weighted by Gasteiger charge is 2.52. The van der Waals surface area contributed by atoms with Gasteiger partial charge >= 0.3 is 7.12 Å². The molecule has 1 aromatic rings. The lowest BCUT2D eigenvalue weighted by Gasteiger charge is -2.32. The first-order valence-corrected chi connectivity index (χ1v) is 8.30. The fourth-order valence-electron chi connectivity index (χ4n) is 2.43. The molecule has 136 valence electrons. The Kier molecular flexibility index (Phi) is 5.49. The standard InChI is InChI=1S/C18H27BN2O4/c1-12(22)21-11-14(19-24-17(2,3)18(4,5)25-19)9-13-10-15(23-6)7-8-16(13)20/h7-10H,11,20H2,1-6H3,(H,21,22). The summed E-state index contributed by atoms with van der Waals surface area (Å²) in [6.45, 7) is 9.74. The van der Waals surface area contributed by atoms with Gasteiger partial charge in [-0.1, -0.05) is 6.08 Å². The normalized spacial score (nSPS) is 19.0. The van der Waals surface area contributed by atoms with E-state index >= 15 is 0 Å². The minimum absolute atomic E-state index is 0.124. The second-order valence-electron chi connectivity index (χ2n) is 7.21. The molecule has 0 atom stereocenters. The van der Waals surface area contributed by atoms with Gasteiger partial charge in [-0.05, 0) is 51.4 Å². The molecular weight excluding hydrogens is 319 g/mol. The number of rotatable bonds is 5. The summed E-state index contributed by atoms with van der Waals surface area (Å²) >= 11 is 0. The van der Waals surface area contributed by atoms with E-state index in [9.17, 15) is 4.79 Å². The fourth-order valence-corrected chi connectivity index (χ4v) is 2.43. The topological polar surface area (TPSA) is 82.8 Å². The molecule has 6 nitrogen and oxygen atoms in total. The minimum atomic E-state index is -0.567. The molecule has 1 heterocycles. The van der Waals surface area contributed by atoms with Crippen LogP contribution in [0.1, 0.15) is 40.2 Å². The Labute approximate surface area is 149 Å². The first kappa shape index (κ1) is 19.3. The van der Waals surface area contributed by atoms with Gasteiger partial charge in [0, 0.05) is 24.7 Å². The monoisotopic (exact) mass is 346 g/mol. The number of hydrogen-bond donors (Lipinski definition) is 2. The summed E-state index contributed by atoms with van der Waals surface area (Å²) in [5.74, 6) is 0.578. The summed E-state index contributed by atoms with van der Waals surface area (Å²) in [6, 6.07) is 5.42. The summed E-state index contributed by atoms with van der Waals surface area (Å²) in [5.41, 5.74) is 7.34. The highest BCUT2D eigenvalue weighted by Crippen LogP contribution is 2.39. The van der Waals surface area contributed by atoms with Crippen LogP contribution in [-0.2, 0) is 14.1 Å². The molecule has 1 saturated heterocycles. The molecule has 0 aliphatic carbocycles. The Morgan fingerprint density at radius 3 is 2.40 bits per heavy atom. The predicted octanol–water partition coefficient (Wildman–Crippen LogP) is 2.43. The molecule has 0 bridgehead atoms. The third-order valence-electron chi connectivity index (χ3n) is 4.73. The van der Waals surface area contributed by atoms with Gasteiger partial charge in [0.1, 0.15) is 5.75 Å². The number of nitrogen functional groups attached to an aromatic ring is 1. The van der Waals surface area contributed by atoms with Crippen molar-refractivity contribution in [3.05, 3.63) is 29.2 Å². The van der Waals surface area contributed by atoms with Crippen LogP contribution in [0.15, 0.2) is 23.7 Å². The average molecular weight is 346 g/mol. The van der Waals surface area contributed by atoms with Crippen molar-refractivity contribution < 1.29 is 18.8 Å². The molecule has 0 aromatic heterocycles. The van der Waals surface area contributed by atoms with Crippen molar-refractivity contribution in [3.8, 4) is 5.75 Å². The Bertz CT molecular complexity index is 670. The van der Waals surface area contributed by atoms with Gasteiger partial charge in [-0.25, -0.2) is 0 Å². The lowest BCUT2D eigenvalue weighted by Crippen LogP contribution is -2.41. The number of carbonyl (C=O) groups excluding carboxylic acids is 1. The van der Waals surface area contributed by atoms with Gasteiger partial charge in [0.15, 0.2) is 0 Å². The SMILES string of the molecule is COc1ccc(N)c(C=C(CNC(C)=O)B2OC(C)(C)C(C)(C)O2)c1. The molecule has 1 fully saturated rings. The van der Waals surface area contributed by atoms with Crippen LogP contribution in [0.25, 0.3) is 6.08 Å². The van der Waals surface area contributed by atoms with Crippen molar-refractivity contribution in [2.45, 2.75) is 45.8 Å². The van der Waals surface area contributed by atoms with E-state index in [0.717, 1.165) is 11.0 Å². The summed E-state index contributed by atoms with van der Waals surface area (Å²) in [4.78, 5) is 11.4. The summed E-state index contributed by atoms with van der Waals surface area (Å²) in [6.07, 6.45) is 1.88. The number of amides is 1. The first-order valence-electron chi connectivity index (χ1n) is 8.30. The maximum atomic E-state index is 11.4. The molecule has 1 aromatic carbocycles. The first-order chi connectivity index (χ1) is 11.6. The quantitative estimate of drug-likeness (QED) is 0.632. The third kappa shape index (κ3) is 4.35. The van der Waals surface area contributed by atoms with Crippen LogP contribution in [0.5, 0.6) is 5.75 Å². The molecule has 0 radical (unpaired) electrons. The Morgan fingerprint density at radius 2 is 1.88 bits per heavy atom. The predicted molar refractivity (Wildman–Crippen MR) is 100 cm³/mol. The van der Waals surface area contributed by atoms with Gasteiger partial charge in [-0.2, -0.15) is 0 Å². The number of nitrogens with one attached hydrogen (secondary N) is 1. The van der Waals surface area contributed by atoms with Crippen molar-refractivity contribution in [3.63, 3.8) is 0 Å². The van der Waals surface area contributed by atoms with Crippen LogP contribution < -0.4 is 15.8 Å².